The summed E-state index contributed by atoms with van der Waals surface area (Å²) in [5.41, 5.74) is 0.399. The first-order valence-corrected chi connectivity index (χ1v) is 5.76. The first-order valence-electron chi connectivity index (χ1n) is 5.76. The molecule has 1 aliphatic heterocycles. The van der Waals surface area contributed by atoms with Gasteiger partial charge >= 0.3 is 0 Å². The second-order valence-corrected chi connectivity index (χ2v) is 4.52. The predicted molar refractivity (Wildman–Crippen MR) is 65.1 cm³/mol. The molecule has 0 aliphatic carbocycles. The van der Waals surface area contributed by atoms with Crippen molar-refractivity contribution in [2.45, 2.75) is 31.5 Å². The lowest BCUT2D eigenvalue weighted by Crippen LogP contribution is -2.43. The van der Waals surface area contributed by atoms with E-state index in [0.29, 0.717) is 0 Å². The van der Waals surface area contributed by atoms with E-state index in [0.717, 1.165) is 25.0 Å². The molecule has 0 bridgehead atoms. The zero-order valence-corrected chi connectivity index (χ0v) is 9.60. The molecular weight excluding hydrogens is 200 g/mol. The Balaban J connectivity index is 2.06. The molecule has 1 aromatic carbocycles. The number of hydrogen-bond acceptors (Lipinski definition) is 2. The van der Waals surface area contributed by atoms with Crippen LogP contribution in [0, 0.1) is 0 Å². The zero-order chi connectivity index (χ0) is 11.4. The lowest BCUT2D eigenvalue weighted by Gasteiger charge is -2.35. The normalized spacial score (nSPS) is 30.8. The van der Waals surface area contributed by atoms with Gasteiger partial charge in [0.05, 0.1) is 5.60 Å². The maximum atomic E-state index is 10.1. The van der Waals surface area contributed by atoms with E-state index in [1.54, 1.807) is 0 Å². The van der Waals surface area contributed by atoms with Gasteiger partial charge in [-0.2, -0.15) is 0 Å². The molecule has 2 rings (SSSR count). The highest BCUT2D eigenvalue weighted by molar-refractivity contribution is 5.49. The van der Waals surface area contributed by atoms with Crippen LogP contribution >= 0.6 is 0 Å². The van der Waals surface area contributed by atoms with Crippen molar-refractivity contribution in [2.75, 3.05) is 6.61 Å². The number of benzene rings is 1. The molecule has 1 fully saturated rings. The Labute approximate surface area is 96.6 Å². The Hall–Kier alpha value is -1.12. The average molecular weight is 218 g/mol. The van der Waals surface area contributed by atoms with Crippen molar-refractivity contribution < 1.29 is 9.84 Å². The monoisotopic (exact) mass is 218 g/mol. The van der Waals surface area contributed by atoms with Crippen molar-refractivity contribution in [1.29, 1.82) is 0 Å². The van der Waals surface area contributed by atoms with E-state index in [2.05, 4.69) is 0 Å². The van der Waals surface area contributed by atoms with Crippen LogP contribution in [0.2, 0.25) is 0 Å². The van der Waals surface area contributed by atoms with Gasteiger partial charge in [-0.05, 0) is 25.3 Å². The molecule has 1 aliphatic rings. The second kappa shape index (κ2) is 4.81. The summed E-state index contributed by atoms with van der Waals surface area (Å²) in [6.45, 7) is 2.58. The fourth-order valence-corrected chi connectivity index (χ4v) is 1.99. The van der Waals surface area contributed by atoms with E-state index >= 15 is 0 Å². The van der Waals surface area contributed by atoms with Crippen LogP contribution < -0.4 is 0 Å². The van der Waals surface area contributed by atoms with Gasteiger partial charge in [0.2, 0.25) is 0 Å². The van der Waals surface area contributed by atoms with E-state index in [9.17, 15) is 5.11 Å². The summed E-state index contributed by atoms with van der Waals surface area (Å²) in [6.07, 6.45) is 5.50. The van der Waals surface area contributed by atoms with Crippen molar-refractivity contribution in [3.8, 4) is 0 Å². The molecule has 1 heterocycles. The molecule has 16 heavy (non-hydrogen) atoms. The molecule has 0 spiro atoms. The fourth-order valence-electron chi connectivity index (χ4n) is 1.99. The molecule has 86 valence electrons. The molecule has 0 unspecified atom stereocenters. The Morgan fingerprint density at radius 1 is 1.38 bits per heavy atom. The Morgan fingerprint density at radius 3 is 2.81 bits per heavy atom. The van der Waals surface area contributed by atoms with E-state index in [1.165, 1.54) is 0 Å². The summed E-state index contributed by atoms with van der Waals surface area (Å²) < 4.78 is 5.58. The van der Waals surface area contributed by atoms with Gasteiger partial charge in [-0.15, -0.1) is 0 Å². The Bertz CT molecular complexity index is 354. The number of rotatable bonds is 2. The predicted octanol–water partition coefficient (Wildman–Crippen LogP) is 2.63. The minimum absolute atomic E-state index is 0.193. The van der Waals surface area contributed by atoms with Gasteiger partial charge in [-0.25, -0.2) is 0 Å². The molecule has 2 nitrogen and oxygen atoms in total. The van der Waals surface area contributed by atoms with E-state index in [-0.39, 0.29) is 6.10 Å². The van der Waals surface area contributed by atoms with Crippen molar-refractivity contribution in [3.05, 3.63) is 42.0 Å². The van der Waals surface area contributed by atoms with Crippen molar-refractivity contribution in [1.82, 2.24) is 0 Å². The summed E-state index contributed by atoms with van der Waals surface area (Å²) in [4.78, 5) is 0. The lowest BCUT2D eigenvalue weighted by molar-refractivity contribution is -0.111. The lowest BCUT2D eigenvalue weighted by atomic mass is 9.90. The average Bonchev–Trinajstić information content (AvgIpc) is 2.28. The fraction of sp³-hybridized carbons (Fsp3) is 0.429. The van der Waals surface area contributed by atoms with Crippen LogP contribution in [-0.4, -0.2) is 23.4 Å². The van der Waals surface area contributed by atoms with Crippen molar-refractivity contribution >= 4 is 6.08 Å². The quantitative estimate of drug-likeness (QED) is 0.827. The van der Waals surface area contributed by atoms with Gasteiger partial charge in [-0.1, -0.05) is 42.5 Å². The van der Waals surface area contributed by atoms with E-state index in [4.69, 9.17) is 4.74 Å². The van der Waals surface area contributed by atoms with Crippen LogP contribution in [0.4, 0.5) is 0 Å². The molecule has 0 amide bonds. The first kappa shape index (κ1) is 11.4. The third kappa shape index (κ3) is 2.71. The van der Waals surface area contributed by atoms with Gasteiger partial charge in [0, 0.05) is 6.61 Å². The van der Waals surface area contributed by atoms with E-state index < -0.39 is 5.60 Å². The molecule has 1 N–H and O–H groups in total. The highest BCUT2D eigenvalue weighted by Crippen LogP contribution is 2.26. The van der Waals surface area contributed by atoms with Crippen molar-refractivity contribution in [2.24, 2.45) is 0 Å². The van der Waals surface area contributed by atoms with Crippen LogP contribution in [0.25, 0.3) is 6.08 Å². The minimum atomic E-state index is -0.733. The molecule has 0 saturated carbocycles. The highest BCUT2D eigenvalue weighted by Gasteiger charge is 2.33. The standard InChI is InChI=1S/C14H18O2/c1-14(15)10-5-11-16-13(14)9-8-12-6-3-2-4-7-12/h2-4,6-9,13,15H,5,10-11H2,1H3/b9-8+/t13-,14+/m0/s1. The topological polar surface area (TPSA) is 29.5 Å². The van der Waals surface area contributed by atoms with Gasteiger partial charge in [0.15, 0.2) is 0 Å². The van der Waals surface area contributed by atoms with E-state index in [1.807, 2.05) is 49.4 Å². The van der Waals surface area contributed by atoms with Crippen molar-refractivity contribution in [3.63, 3.8) is 0 Å². The summed E-state index contributed by atoms with van der Waals surface area (Å²) in [7, 11) is 0. The number of hydrogen-bond donors (Lipinski definition) is 1. The van der Waals surface area contributed by atoms with Gasteiger partial charge in [-0.3, -0.25) is 0 Å². The maximum absolute atomic E-state index is 10.1. The third-order valence-corrected chi connectivity index (χ3v) is 3.00. The largest absolute Gasteiger partial charge is 0.387 e. The van der Waals surface area contributed by atoms with Crippen LogP contribution in [0.1, 0.15) is 25.3 Å². The Kier molecular flexibility index (Phi) is 3.42. The molecular formula is C14H18O2. The molecule has 1 saturated heterocycles. The molecule has 0 radical (unpaired) electrons. The third-order valence-electron chi connectivity index (χ3n) is 3.00. The van der Waals surface area contributed by atoms with Crippen LogP contribution in [0.15, 0.2) is 36.4 Å². The molecule has 2 heteroatoms. The van der Waals surface area contributed by atoms with Crippen LogP contribution in [0.3, 0.4) is 0 Å². The van der Waals surface area contributed by atoms with Gasteiger partial charge in [0.25, 0.3) is 0 Å². The summed E-state index contributed by atoms with van der Waals surface area (Å²) >= 11 is 0. The zero-order valence-electron chi connectivity index (χ0n) is 9.60. The summed E-state index contributed by atoms with van der Waals surface area (Å²) in [6, 6.07) is 10.1. The molecule has 2 atom stereocenters. The summed E-state index contributed by atoms with van der Waals surface area (Å²) in [5, 5.41) is 10.1. The summed E-state index contributed by atoms with van der Waals surface area (Å²) in [5.74, 6) is 0. The smallest absolute Gasteiger partial charge is 0.104 e. The first-order chi connectivity index (χ1) is 7.68. The minimum Gasteiger partial charge on any atom is -0.387 e. The van der Waals surface area contributed by atoms with Crippen LogP contribution in [0.5, 0.6) is 0 Å². The van der Waals surface area contributed by atoms with Crippen LogP contribution in [-0.2, 0) is 4.74 Å². The van der Waals surface area contributed by atoms with Gasteiger partial charge < -0.3 is 9.84 Å². The molecule has 1 aromatic rings. The SMILES string of the molecule is C[C@@]1(O)CCCO[C@H]1/C=C/c1ccccc1. The highest BCUT2D eigenvalue weighted by atomic mass is 16.5. The van der Waals surface area contributed by atoms with Gasteiger partial charge in [0.1, 0.15) is 6.10 Å². The number of aliphatic hydroxyl groups is 1. The maximum Gasteiger partial charge on any atom is 0.104 e. The second-order valence-electron chi connectivity index (χ2n) is 4.52. The Morgan fingerprint density at radius 2 is 2.12 bits per heavy atom. The molecule has 0 aromatic heterocycles. The number of ether oxygens (including phenoxy) is 1.